The van der Waals surface area contributed by atoms with Crippen molar-refractivity contribution in [3.05, 3.63) is 35.4 Å². The molecule has 0 saturated heterocycles. The lowest BCUT2D eigenvalue weighted by atomic mass is 9.97. The zero-order valence-corrected chi connectivity index (χ0v) is 11.4. The molecule has 1 heterocycles. The van der Waals surface area contributed by atoms with Crippen LogP contribution in [0, 0.1) is 0 Å². The van der Waals surface area contributed by atoms with Gasteiger partial charge in [0, 0.05) is 17.5 Å². The number of hydrogen-bond acceptors (Lipinski definition) is 3. The summed E-state index contributed by atoms with van der Waals surface area (Å²) in [6.45, 7) is 0.524. The number of hydrazine groups is 1. The number of nitrogens with two attached hydrogens (primary N) is 1. The average molecular weight is 292 g/mol. The van der Waals surface area contributed by atoms with E-state index in [4.69, 9.17) is 17.4 Å². The van der Waals surface area contributed by atoms with Crippen LogP contribution in [-0.4, -0.2) is 17.7 Å². The van der Waals surface area contributed by atoms with Crippen LogP contribution in [0.4, 0.5) is 10.5 Å². The molecule has 0 spiro atoms. The minimum atomic E-state index is -0.398. The third kappa shape index (κ3) is 1.71. The summed E-state index contributed by atoms with van der Waals surface area (Å²) in [7, 11) is 0. The van der Waals surface area contributed by atoms with Gasteiger partial charge in [0.25, 0.3) is 0 Å². The van der Waals surface area contributed by atoms with Crippen molar-refractivity contribution < 1.29 is 9.90 Å². The molecule has 2 aromatic carbocycles. The molecule has 0 unspecified atom stereocenters. The van der Waals surface area contributed by atoms with Gasteiger partial charge in [0.1, 0.15) is 5.75 Å². The van der Waals surface area contributed by atoms with Gasteiger partial charge in [-0.05, 0) is 17.4 Å². The second kappa shape index (κ2) is 4.85. The fraction of sp³-hybridized carbons (Fsp3) is 0.214. The predicted octanol–water partition coefficient (Wildman–Crippen LogP) is 2.23. The Labute approximate surface area is 120 Å². The summed E-state index contributed by atoms with van der Waals surface area (Å²) in [6, 6.07) is 7.17. The van der Waals surface area contributed by atoms with E-state index >= 15 is 0 Å². The van der Waals surface area contributed by atoms with Crippen molar-refractivity contribution in [3.8, 4) is 5.75 Å². The second-order valence-electron chi connectivity index (χ2n) is 4.68. The number of carbonyl (C=O) groups is 1. The Bertz CT molecular complexity index is 702. The zero-order chi connectivity index (χ0) is 14.3. The number of anilines is 1. The van der Waals surface area contributed by atoms with Crippen molar-refractivity contribution in [3.63, 3.8) is 0 Å². The van der Waals surface area contributed by atoms with Crippen LogP contribution in [0.5, 0.6) is 5.75 Å². The number of carbonyl (C=O) groups excluding carboxylic acids is 1. The second-order valence-corrected chi connectivity index (χ2v) is 4.95. The van der Waals surface area contributed by atoms with E-state index in [9.17, 15) is 9.90 Å². The Morgan fingerprint density at radius 2 is 2.10 bits per heavy atom. The maximum atomic E-state index is 11.9. The average Bonchev–Trinajstić information content (AvgIpc) is 2.92. The molecule has 0 bridgehead atoms. The van der Waals surface area contributed by atoms with E-state index in [1.54, 1.807) is 0 Å². The maximum Gasteiger partial charge on any atom is 0.336 e. The molecule has 4 N–H and O–H groups in total. The van der Waals surface area contributed by atoms with Crippen LogP contribution in [0.2, 0.25) is 0 Å². The van der Waals surface area contributed by atoms with E-state index in [0.29, 0.717) is 24.2 Å². The van der Waals surface area contributed by atoms with Gasteiger partial charge in [-0.15, -0.1) is 11.6 Å². The zero-order valence-electron chi connectivity index (χ0n) is 10.7. The summed E-state index contributed by atoms with van der Waals surface area (Å²) in [6.07, 6.45) is 0.716. The third-order valence-electron chi connectivity index (χ3n) is 3.72. The van der Waals surface area contributed by atoms with Gasteiger partial charge < -0.3 is 5.11 Å². The van der Waals surface area contributed by atoms with E-state index in [-0.39, 0.29) is 11.6 Å². The summed E-state index contributed by atoms with van der Waals surface area (Å²) in [5, 5.41) is 12.1. The monoisotopic (exact) mass is 291 g/mol. The lowest BCUT2D eigenvalue weighted by Gasteiger charge is -2.21. The minimum Gasteiger partial charge on any atom is -0.507 e. The Morgan fingerprint density at radius 1 is 1.40 bits per heavy atom. The third-order valence-corrected chi connectivity index (χ3v) is 3.99. The first-order valence-electron chi connectivity index (χ1n) is 6.28. The van der Waals surface area contributed by atoms with Gasteiger partial charge >= 0.3 is 6.03 Å². The number of phenolic OH excluding ortho intramolecular Hbond substituents is 1. The Kier molecular flexibility index (Phi) is 3.16. The molecule has 104 valence electrons. The summed E-state index contributed by atoms with van der Waals surface area (Å²) < 4.78 is 0. The molecule has 5 nitrogen and oxygen atoms in total. The van der Waals surface area contributed by atoms with Crippen LogP contribution in [0.3, 0.4) is 0 Å². The molecule has 0 radical (unpaired) electrons. The largest absolute Gasteiger partial charge is 0.507 e. The standard InChI is InChI=1S/C14H14ClN3O2/c15-7-11-12-9(5-6-18(12)14(20)17-16)8-3-1-2-4-10(8)13(11)19/h1-4,19H,5-7,16H2,(H,17,20). The number of nitrogens with zero attached hydrogens (tertiary/aromatic N) is 1. The van der Waals surface area contributed by atoms with E-state index in [1.165, 1.54) is 4.90 Å². The van der Waals surface area contributed by atoms with Gasteiger partial charge in [0.15, 0.2) is 0 Å². The van der Waals surface area contributed by atoms with Crippen molar-refractivity contribution in [1.82, 2.24) is 5.43 Å². The van der Waals surface area contributed by atoms with Crippen LogP contribution in [0.1, 0.15) is 11.1 Å². The number of fused-ring (bicyclic) bond motifs is 3. The SMILES string of the molecule is NNC(=O)N1CCc2c1c(CCl)c(O)c1ccccc21. The highest BCUT2D eigenvalue weighted by molar-refractivity contribution is 6.19. The number of nitrogens with one attached hydrogen (secondary N) is 1. The number of halogens is 1. The van der Waals surface area contributed by atoms with E-state index < -0.39 is 6.03 Å². The number of rotatable bonds is 1. The highest BCUT2D eigenvalue weighted by Gasteiger charge is 2.30. The van der Waals surface area contributed by atoms with Crippen molar-refractivity contribution in [2.45, 2.75) is 12.3 Å². The molecule has 1 aliphatic heterocycles. The molecular formula is C14H14ClN3O2. The Hall–Kier alpha value is -1.98. The molecule has 0 fully saturated rings. The van der Waals surface area contributed by atoms with Gasteiger partial charge in [-0.2, -0.15) is 0 Å². The normalized spacial score (nSPS) is 13.6. The molecule has 0 atom stereocenters. The highest BCUT2D eigenvalue weighted by atomic mass is 35.5. The Morgan fingerprint density at radius 3 is 2.75 bits per heavy atom. The molecule has 1 aliphatic rings. The number of alkyl halides is 1. The van der Waals surface area contributed by atoms with Crippen molar-refractivity contribution in [2.24, 2.45) is 5.84 Å². The number of amides is 2. The number of aromatic hydroxyl groups is 1. The van der Waals surface area contributed by atoms with E-state index in [2.05, 4.69) is 5.43 Å². The fourth-order valence-electron chi connectivity index (χ4n) is 2.86. The molecule has 2 amide bonds. The molecule has 20 heavy (non-hydrogen) atoms. The summed E-state index contributed by atoms with van der Waals surface area (Å²) >= 11 is 5.98. The van der Waals surface area contributed by atoms with E-state index in [1.807, 2.05) is 24.3 Å². The lowest BCUT2D eigenvalue weighted by Crippen LogP contribution is -2.42. The minimum absolute atomic E-state index is 0.131. The number of urea groups is 1. The van der Waals surface area contributed by atoms with Gasteiger partial charge in [0.2, 0.25) is 0 Å². The maximum absolute atomic E-state index is 11.9. The van der Waals surface area contributed by atoms with Gasteiger partial charge in [-0.25, -0.2) is 10.6 Å². The van der Waals surface area contributed by atoms with Crippen molar-refractivity contribution >= 4 is 34.1 Å². The Balaban J connectivity index is 2.34. The van der Waals surface area contributed by atoms with Gasteiger partial charge in [-0.3, -0.25) is 10.3 Å². The van der Waals surface area contributed by atoms with Crippen molar-refractivity contribution in [1.29, 1.82) is 0 Å². The first-order chi connectivity index (χ1) is 9.69. The van der Waals surface area contributed by atoms with Crippen LogP contribution >= 0.6 is 11.6 Å². The van der Waals surface area contributed by atoms with Crippen LogP contribution in [-0.2, 0) is 12.3 Å². The topological polar surface area (TPSA) is 78.6 Å². The predicted molar refractivity (Wildman–Crippen MR) is 78.9 cm³/mol. The van der Waals surface area contributed by atoms with Crippen LogP contribution in [0.25, 0.3) is 10.8 Å². The quantitative estimate of drug-likeness (QED) is 0.326. The number of benzene rings is 2. The van der Waals surface area contributed by atoms with Crippen LogP contribution in [0.15, 0.2) is 24.3 Å². The highest BCUT2D eigenvalue weighted by Crippen LogP contribution is 2.44. The van der Waals surface area contributed by atoms with Gasteiger partial charge in [0.05, 0.1) is 11.6 Å². The summed E-state index contributed by atoms with van der Waals surface area (Å²) in [5.41, 5.74) is 4.41. The molecule has 2 aromatic rings. The van der Waals surface area contributed by atoms with Crippen LogP contribution < -0.4 is 16.2 Å². The fourth-order valence-corrected chi connectivity index (χ4v) is 3.11. The molecule has 3 rings (SSSR count). The number of hydrogen-bond donors (Lipinski definition) is 3. The smallest absolute Gasteiger partial charge is 0.336 e. The molecule has 0 aliphatic carbocycles. The first-order valence-corrected chi connectivity index (χ1v) is 6.82. The lowest BCUT2D eigenvalue weighted by molar-refractivity contribution is 0.247. The summed E-state index contributed by atoms with van der Waals surface area (Å²) in [4.78, 5) is 13.4. The number of phenols is 1. The van der Waals surface area contributed by atoms with Crippen molar-refractivity contribution in [2.75, 3.05) is 11.4 Å². The summed E-state index contributed by atoms with van der Waals surface area (Å²) in [5.74, 6) is 5.48. The molecular weight excluding hydrogens is 278 g/mol. The van der Waals surface area contributed by atoms with E-state index in [0.717, 1.165) is 16.3 Å². The molecule has 0 saturated carbocycles. The first kappa shape index (κ1) is 13.0. The molecule has 0 aromatic heterocycles. The van der Waals surface area contributed by atoms with Gasteiger partial charge in [-0.1, -0.05) is 24.3 Å². The molecule has 6 heteroatoms.